The number of imide groups is 2. The zero-order valence-corrected chi connectivity index (χ0v) is 14.2. The van der Waals surface area contributed by atoms with Crippen molar-refractivity contribution in [2.24, 2.45) is 0 Å². The second-order valence-corrected chi connectivity index (χ2v) is 6.42. The van der Waals surface area contributed by atoms with E-state index >= 15 is 0 Å². The molecule has 0 spiro atoms. The third-order valence-electron chi connectivity index (χ3n) is 4.62. The lowest BCUT2D eigenvalue weighted by molar-refractivity contribution is -0.143. The number of carbonyl (C=O) groups excluding carboxylic acids is 4. The summed E-state index contributed by atoms with van der Waals surface area (Å²) in [4.78, 5) is 50.3. The number of ketones is 1. The summed E-state index contributed by atoms with van der Waals surface area (Å²) in [6, 6.07) is 4.19. The summed E-state index contributed by atoms with van der Waals surface area (Å²) in [5.41, 5.74) is 1.22. The first-order valence-corrected chi connectivity index (χ1v) is 8.61. The van der Waals surface area contributed by atoms with Crippen molar-refractivity contribution >= 4 is 23.6 Å². The number of rotatable bonds is 6. The second-order valence-electron chi connectivity index (χ2n) is 6.42. The molecular weight excluding hydrogens is 339 g/mol. The number of urea groups is 1. The quantitative estimate of drug-likeness (QED) is 0.339. The normalized spacial score (nSPS) is 17.7. The van der Waals surface area contributed by atoms with Gasteiger partial charge in [0.2, 0.25) is 0 Å². The van der Waals surface area contributed by atoms with E-state index in [0.717, 1.165) is 36.6 Å². The SMILES string of the molecule is O=C(CN1C(=O)C(=O)N(CCC2=CCCCC2)C1=O)c1cccc(F)c1. The van der Waals surface area contributed by atoms with Crippen molar-refractivity contribution in [2.45, 2.75) is 32.1 Å². The fraction of sp³-hybridized carbons (Fsp3) is 0.368. The number of amides is 4. The van der Waals surface area contributed by atoms with Gasteiger partial charge in [-0.05, 0) is 44.2 Å². The molecular formula is C19H19FN2O4. The molecule has 0 unspecified atom stereocenters. The lowest BCUT2D eigenvalue weighted by Crippen LogP contribution is -2.37. The van der Waals surface area contributed by atoms with Gasteiger partial charge in [-0.25, -0.2) is 14.1 Å². The maximum atomic E-state index is 13.2. The molecule has 1 saturated heterocycles. The molecule has 3 rings (SSSR count). The van der Waals surface area contributed by atoms with Crippen molar-refractivity contribution in [1.82, 2.24) is 9.80 Å². The smallest absolute Gasteiger partial charge is 0.292 e. The minimum Gasteiger partial charge on any atom is -0.292 e. The Kier molecular flexibility index (Phi) is 5.25. The molecule has 0 saturated carbocycles. The molecule has 26 heavy (non-hydrogen) atoms. The van der Waals surface area contributed by atoms with Crippen LogP contribution in [0.4, 0.5) is 9.18 Å². The van der Waals surface area contributed by atoms with Gasteiger partial charge in [0, 0.05) is 12.1 Å². The molecule has 0 N–H and O–H groups in total. The van der Waals surface area contributed by atoms with Crippen LogP contribution in [0.2, 0.25) is 0 Å². The maximum absolute atomic E-state index is 13.2. The van der Waals surface area contributed by atoms with Gasteiger partial charge in [0.05, 0.1) is 6.54 Å². The van der Waals surface area contributed by atoms with Crippen LogP contribution in [0.25, 0.3) is 0 Å². The molecule has 0 aromatic heterocycles. The van der Waals surface area contributed by atoms with Crippen LogP contribution in [0, 0.1) is 5.82 Å². The van der Waals surface area contributed by atoms with Crippen LogP contribution in [0.5, 0.6) is 0 Å². The van der Waals surface area contributed by atoms with E-state index in [1.807, 2.05) is 0 Å². The molecule has 1 aliphatic carbocycles. The average molecular weight is 358 g/mol. The van der Waals surface area contributed by atoms with Crippen LogP contribution in [0.15, 0.2) is 35.9 Å². The first-order chi connectivity index (χ1) is 12.5. The summed E-state index contributed by atoms with van der Waals surface area (Å²) in [5.74, 6) is -3.12. The van der Waals surface area contributed by atoms with Crippen LogP contribution in [0.1, 0.15) is 42.5 Å². The van der Waals surface area contributed by atoms with E-state index < -0.39 is 36.0 Å². The minimum atomic E-state index is -1.02. The van der Waals surface area contributed by atoms with Gasteiger partial charge in [0.15, 0.2) is 5.78 Å². The average Bonchev–Trinajstić information content (AvgIpc) is 2.84. The Bertz CT molecular complexity index is 802. The van der Waals surface area contributed by atoms with Crippen molar-refractivity contribution in [2.75, 3.05) is 13.1 Å². The van der Waals surface area contributed by atoms with Crippen LogP contribution < -0.4 is 0 Å². The van der Waals surface area contributed by atoms with Crippen LogP contribution in [-0.2, 0) is 9.59 Å². The lowest BCUT2D eigenvalue weighted by atomic mass is 9.97. The van der Waals surface area contributed by atoms with Gasteiger partial charge in [-0.2, -0.15) is 0 Å². The Morgan fingerprint density at radius 2 is 1.85 bits per heavy atom. The molecule has 136 valence electrons. The third-order valence-corrected chi connectivity index (χ3v) is 4.62. The number of hydrogen-bond acceptors (Lipinski definition) is 4. The molecule has 1 aliphatic heterocycles. The Labute approximate surface area is 150 Å². The monoisotopic (exact) mass is 358 g/mol. The summed E-state index contributed by atoms with van der Waals surface area (Å²) in [5, 5.41) is 0. The highest BCUT2D eigenvalue weighted by molar-refractivity contribution is 6.45. The molecule has 6 nitrogen and oxygen atoms in total. The molecule has 1 heterocycles. The van der Waals surface area contributed by atoms with E-state index in [4.69, 9.17) is 0 Å². The number of carbonyl (C=O) groups is 4. The fourth-order valence-electron chi connectivity index (χ4n) is 3.17. The third kappa shape index (κ3) is 3.71. The molecule has 1 aromatic carbocycles. The number of halogens is 1. The van der Waals surface area contributed by atoms with E-state index in [1.165, 1.54) is 23.8 Å². The van der Waals surface area contributed by atoms with Gasteiger partial charge >= 0.3 is 17.8 Å². The lowest BCUT2D eigenvalue weighted by Gasteiger charge is -2.17. The van der Waals surface area contributed by atoms with E-state index in [0.29, 0.717) is 11.3 Å². The maximum Gasteiger partial charge on any atom is 0.334 e. The minimum absolute atomic E-state index is 0.0452. The number of benzene rings is 1. The summed E-state index contributed by atoms with van der Waals surface area (Å²) >= 11 is 0. The number of Topliss-reactive ketones (excluding diaryl/α,β-unsaturated/α-hetero) is 1. The summed E-state index contributed by atoms with van der Waals surface area (Å²) in [7, 11) is 0. The molecule has 2 aliphatic rings. The number of hydrogen-bond donors (Lipinski definition) is 0. The number of allylic oxidation sites excluding steroid dienone is 1. The Hall–Kier alpha value is -2.83. The van der Waals surface area contributed by atoms with Crippen molar-refractivity contribution in [3.8, 4) is 0 Å². The topological polar surface area (TPSA) is 74.8 Å². The first-order valence-electron chi connectivity index (χ1n) is 8.61. The highest BCUT2D eigenvalue weighted by Crippen LogP contribution is 2.22. The molecule has 0 radical (unpaired) electrons. The van der Waals surface area contributed by atoms with Gasteiger partial charge in [-0.1, -0.05) is 23.8 Å². The Morgan fingerprint density at radius 3 is 2.54 bits per heavy atom. The Morgan fingerprint density at radius 1 is 1.08 bits per heavy atom. The van der Waals surface area contributed by atoms with Gasteiger partial charge in [0.25, 0.3) is 0 Å². The largest absolute Gasteiger partial charge is 0.334 e. The molecule has 1 aromatic rings. The van der Waals surface area contributed by atoms with E-state index in [-0.39, 0.29) is 12.1 Å². The Balaban J connectivity index is 1.66. The molecule has 1 fully saturated rings. The highest BCUT2D eigenvalue weighted by atomic mass is 19.1. The molecule has 7 heteroatoms. The van der Waals surface area contributed by atoms with Crippen LogP contribution in [0.3, 0.4) is 0 Å². The van der Waals surface area contributed by atoms with Gasteiger partial charge in [-0.3, -0.25) is 19.3 Å². The predicted molar refractivity (Wildman–Crippen MR) is 90.7 cm³/mol. The molecule has 4 amide bonds. The van der Waals surface area contributed by atoms with Crippen LogP contribution >= 0.6 is 0 Å². The summed E-state index contributed by atoms with van der Waals surface area (Å²) in [6.07, 6.45) is 6.80. The predicted octanol–water partition coefficient (Wildman–Crippen LogP) is 2.69. The van der Waals surface area contributed by atoms with E-state index in [9.17, 15) is 23.6 Å². The standard InChI is InChI=1S/C19H19FN2O4/c20-15-8-4-7-14(11-15)16(23)12-22-18(25)17(24)21(19(22)26)10-9-13-5-2-1-3-6-13/h4-5,7-8,11H,1-3,6,9-10,12H2. The van der Waals surface area contributed by atoms with Gasteiger partial charge in [-0.15, -0.1) is 0 Å². The summed E-state index contributed by atoms with van der Waals surface area (Å²) in [6.45, 7) is -0.452. The second kappa shape index (κ2) is 7.59. The summed E-state index contributed by atoms with van der Waals surface area (Å²) < 4.78 is 13.2. The fourth-order valence-corrected chi connectivity index (χ4v) is 3.17. The van der Waals surface area contributed by atoms with Crippen LogP contribution in [-0.4, -0.2) is 46.5 Å². The van der Waals surface area contributed by atoms with E-state index in [2.05, 4.69) is 6.08 Å². The molecule has 0 atom stereocenters. The van der Waals surface area contributed by atoms with Gasteiger partial charge < -0.3 is 0 Å². The first kappa shape index (κ1) is 18.0. The number of nitrogens with zero attached hydrogens (tertiary/aromatic N) is 2. The van der Waals surface area contributed by atoms with Crippen molar-refractivity contribution in [1.29, 1.82) is 0 Å². The molecule has 0 bridgehead atoms. The zero-order chi connectivity index (χ0) is 18.7. The van der Waals surface area contributed by atoms with Crippen molar-refractivity contribution in [3.63, 3.8) is 0 Å². The van der Waals surface area contributed by atoms with E-state index in [1.54, 1.807) is 0 Å². The van der Waals surface area contributed by atoms with Crippen molar-refractivity contribution in [3.05, 3.63) is 47.3 Å². The highest BCUT2D eigenvalue weighted by Gasteiger charge is 2.44. The zero-order valence-electron chi connectivity index (χ0n) is 14.2. The van der Waals surface area contributed by atoms with Gasteiger partial charge in [0.1, 0.15) is 5.82 Å². The van der Waals surface area contributed by atoms with Crippen molar-refractivity contribution < 1.29 is 23.6 Å².